The second-order valence-electron chi connectivity index (χ2n) is 36.9. The largest absolute Gasteiger partial charge is 0.507 e. The Morgan fingerprint density at radius 1 is 0.507 bits per heavy atom. The van der Waals surface area contributed by atoms with Gasteiger partial charge in [-0.25, -0.2) is 35.9 Å². The zero-order valence-corrected chi connectivity index (χ0v) is 80.8. The summed E-state index contributed by atoms with van der Waals surface area (Å²) in [4.78, 5) is 103. The molecule has 12 N–H and O–H groups in total. The number of primary amides is 4. The van der Waals surface area contributed by atoms with Crippen LogP contribution in [0.4, 0.5) is 53.4 Å². The highest BCUT2D eigenvalue weighted by Crippen LogP contribution is 2.47. The Hall–Kier alpha value is -16.0. The molecular formula is C100H111F6N27O13. The molecule has 0 bridgehead atoms. The summed E-state index contributed by atoms with van der Waals surface area (Å²) >= 11 is 0. The number of carbonyl (C=O) groups excluding carboxylic acids is 8. The molecule has 4 aromatic carbocycles. The molecule has 7 amide bonds. The molecule has 766 valence electrons. The molecule has 0 spiro atoms. The van der Waals surface area contributed by atoms with Gasteiger partial charge in [-0.3, -0.25) is 87.1 Å². The van der Waals surface area contributed by atoms with Crippen LogP contribution in [0.2, 0.25) is 0 Å². The second-order valence-corrected chi connectivity index (χ2v) is 36.9. The first-order chi connectivity index (χ1) is 70.0. The summed E-state index contributed by atoms with van der Waals surface area (Å²) in [6.45, 7) is 7.76. The maximum atomic E-state index is 15.9. The number of aryl methyl sites for hydroxylation is 2. The lowest BCUT2D eigenvalue weighted by Crippen LogP contribution is -2.61. The number of ether oxygens (including phenoxy) is 3. The molecule has 0 radical (unpaired) electrons. The monoisotopic (exact) mass is 2010 g/mol. The number of anilines is 3. The number of piperidine rings is 3. The standard InChI is InChI=1S/C27H30F2N8O2.C25H28F2N8O3.C25H26FN5O5.C23H27FN6O3/c1-2-36-11-7-22(33-36)18-5-6-19(21(28)13-18)14-35-12-9-27(8-10-30,23(29)16-35)37-15-20(24(31)38)25(34-37)32-26(39)17-3-4-17;1-3-34-10-6-20(31-34)16-4-5-17(19(26)12-16)13-33-11-8-25(7-9-28,21(27)15-33)35-14-18(22(29)36)23(32-35)30-24(37)38-2;1-35-23(33)11-20-19(24(28)34)13-31(29-20)25(5-7-27)6-8-30(14-22(25)26)12-16-2-3-18(21(32)10-16)17-4-9-36-15-17;1-33-21(32)27-20-18(19(26)31)13-30(28-20)22(11-12-25)9-7-17(8-10-22)29-14-23(24,15-29)16-5-3-2-4-6-16/h5-7,11,13,15,17,23H,2-4,8-9,12,14,16H2,1H3,(H2,31,38)(H,32,34,39);4-6,10,12,14,21H,3,7-8,11,13,15H2,1-2H3,(H2,29,36)(H,30,32,37);2-4,9-10,13,15,22,32H,5-6,8,11-12,14H2,1H3,(H2,28,34);2-6,13,17H,7-11,14-15H2,1H3,(H2,26,31)(H,27,28,32). The Bertz CT molecular complexity index is 6770. The molecule has 2 aliphatic carbocycles. The Kier molecular flexibility index (Phi) is 33.1. The maximum Gasteiger partial charge on any atom is 0.412 e. The number of methoxy groups -OCH3 is 3. The van der Waals surface area contributed by atoms with E-state index in [0.29, 0.717) is 110 Å². The molecule has 46 heteroatoms. The lowest BCUT2D eigenvalue weighted by atomic mass is 9.75. The quantitative estimate of drug-likeness (QED) is 0.0114. The molecule has 17 rings (SSSR count). The SMILES string of the molecule is CCn1ccc(-c2ccc(CN3CCC(CC#N)(n4cc(C(N)=O)c(NC(=O)C5CC5)n4)C(F)C3)c(F)c2)n1.CCn1ccc(-c2ccc(CN3CCC(CC#N)(n4cc(C(N)=O)c(NC(=O)OC)n4)C(F)C3)c(F)c2)n1.COC(=O)Cc1nn(C2(CC#N)CCN(Cc3ccc(-c4ccoc4)c(O)c3)CC2F)cc1C(N)=O.COC(=O)Nc1nn(C2(CC#N)CCC(N3CC(F)(c4ccccc4)C3)CC2)cc1C(N)=O. The van der Waals surface area contributed by atoms with E-state index >= 15 is 22.0 Å². The number of alkyl halides is 4. The first kappa shape index (κ1) is 106. The molecule has 11 heterocycles. The highest BCUT2D eigenvalue weighted by Gasteiger charge is 2.53. The van der Waals surface area contributed by atoms with Gasteiger partial charge in [-0.05, 0) is 119 Å². The van der Waals surface area contributed by atoms with Gasteiger partial charge in [0, 0.05) is 168 Å². The molecule has 7 aromatic heterocycles. The van der Waals surface area contributed by atoms with Crippen LogP contribution in [0.1, 0.15) is 167 Å². The van der Waals surface area contributed by atoms with Crippen molar-refractivity contribution in [3.63, 3.8) is 0 Å². The first-order valence-electron chi connectivity index (χ1n) is 47.2. The van der Waals surface area contributed by atoms with Gasteiger partial charge in [-0.2, -0.15) is 51.6 Å². The van der Waals surface area contributed by atoms with E-state index in [1.54, 1.807) is 66.3 Å². The molecule has 2 saturated carbocycles. The van der Waals surface area contributed by atoms with Crippen molar-refractivity contribution in [2.24, 2.45) is 28.9 Å². The zero-order valence-electron chi connectivity index (χ0n) is 80.8. The minimum absolute atomic E-state index is 0.00149. The number of aromatic nitrogens is 12. The summed E-state index contributed by atoms with van der Waals surface area (Å²) in [6.07, 6.45) is 9.86. The van der Waals surface area contributed by atoms with Crippen LogP contribution in [0.3, 0.4) is 0 Å². The van der Waals surface area contributed by atoms with Crippen molar-refractivity contribution < 1.29 is 88.4 Å². The fraction of sp³-hybridized carbons (Fsp3) is 0.420. The molecule has 6 unspecified atom stereocenters. The number of nitrogens with two attached hydrogens (primary N) is 4. The molecule has 11 aromatic rings. The van der Waals surface area contributed by atoms with Crippen molar-refractivity contribution in [1.29, 1.82) is 21.0 Å². The first-order valence-corrected chi connectivity index (χ1v) is 47.2. The second kappa shape index (κ2) is 45.7. The van der Waals surface area contributed by atoms with Crippen molar-refractivity contribution in [2.45, 2.75) is 189 Å². The van der Waals surface area contributed by atoms with Crippen molar-refractivity contribution in [1.82, 2.24) is 78.3 Å². The number of likely N-dealkylation sites (tertiary alicyclic amines) is 4. The van der Waals surface area contributed by atoms with Crippen LogP contribution >= 0.6 is 0 Å². The van der Waals surface area contributed by atoms with Gasteiger partial charge < -0.3 is 52.0 Å². The number of furan rings is 1. The summed E-state index contributed by atoms with van der Waals surface area (Å²) < 4.78 is 120. The fourth-order valence-electron chi connectivity index (χ4n) is 19.2. The van der Waals surface area contributed by atoms with Crippen LogP contribution in [0.15, 0.2) is 157 Å². The Morgan fingerprint density at radius 2 is 0.952 bits per heavy atom. The highest BCUT2D eigenvalue weighted by atomic mass is 19.2. The van der Waals surface area contributed by atoms with Crippen LogP contribution in [0.25, 0.3) is 33.6 Å². The molecule has 4 saturated heterocycles. The number of amides is 7. The average molecular weight is 2010 g/mol. The summed E-state index contributed by atoms with van der Waals surface area (Å²) in [5, 5.41) is 81.8. The third-order valence-electron chi connectivity index (χ3n) is 27.9. The number of halogens is 6. The van der Waals surface area contributed by atoms with Crippen LogP contribution in [-0.2, 0) is 90.8 Å². The molecule has 4 aliphatic heterocycles. The number of hydrogen-bond acceptors (Lipinski definition) is 27. The molecule has 6 aliphatic rings. The Labute approximate surface area is 834 Å². The van der Waals surface area contributed by atoms with Crippen molar-refractivity contribution in [2.75, 3.05) is 89.6 Å². The van der Waals surface area contributed by atoms with E-state index in [4.69, 9.17) is 27.4 Å². The third kappa shape index (κ3) is 23.4. The number of phenols is 1. The number of nitrogens with zero attached hydrogens (tertiary/aromatic N) is 20. The fourth-order valence-corrected chi connectivity index (χ4v) is 19.2. The number of nitriles is 4. The number of hydrogen-bond donors (Lipinski definition) is 8. The van der Waals surface area contributed by atoms with E-state index in [9.17, 15) is 68.9 Å². The molecule has 40 nitrogen and oxygen atoms in total. The van der Waals surface area contributed by atoms with E-state index in [0.717, 1.165) is 43.9 Å². The van der Waals surface area contributed by atoms with Crippen molar-refractivity contribution in [3.05, 3.63) is 215 Å². The van der Waals surface area contributed by atoms with Crippen molar-refractivity contribution >= 4 is 65.1 Å². The van der Waals surface area contributed by atoms with Crippen LogP contribution in [0.5, 0.6) is 5.75 Å². The number of esters is 1. The molecular weight excluding hydrogens is 1900 g/mol. The van der Waals surface area contributed by atoms with Gasteiger partial charge in [-0.1, -0.05) is 66.7 Å². The number of aromatic hydroxyl groups is 1. The van der Waals surface area contributed by atoms with E-state index in [1.807, 2.05) is 97.9 Å². The van der Waals surface area contributed by atoms with Gasteiger partial charge in [0.05, 0.1) is 118 Å². The summed E-state index contributed by atoms with van der Waals surface area (Å²) in [6, 6.07) is 38.2. The lowest BCUT2D eigenvalue weighted by molar-refractivity contribution is -0.139. The molecule has 6 atom stereocenters. The Balaban J connectivity index is 0.000000154. The predicted octanol–water partition coefficient (Wildman–Crippen LogP) is 11.7. The normalized spacial score (nSPS) is 21.3. The van der Waals surface area contributed by atoms with Crippen LogP contribution < -0.4 is 38.9 Å². The summed E-state index contributed by atoms with van der Waals surface area (Å²) in [7, 11) is 3.55. The summed E-state index contributed by atoms with van der Waals surface area (Å²) in [5.74, 6) is -5.23. The van der Waals surface area contributed by atoms with Crippen LogP contribution in [0, 0.1) is 62.9 Å². The molecule has 146 heavy (non-hydrogen) atoms. The third-order valence-corrected chi connectivity index (χ3v) is 27.9. The van der Waals surface area contributed by atoms with E-state index < -0.39 is 99.8 Å². The number of carbonyl (C=O) groups is 8. The minimum atomic E-state index is -1.59. The number of phenolic OH excluding ortho intramolecular Hbond substituents is 1. The smallest absolute Gasteiger partial charge is 0.412 e. The predicted molar refractivity (Wildman–Crippen MR) is 515 cm³/mol. The number of nitrogens with one attached hydrogen (secondary N) is 3. The highest BCUT2D eigenvalue weighted by molar-refractivity contribution is 6.03. The van der Waals surface area contributed by atoms with Gasteiger partial charge in [-0.15, -0.1) is 0 Å². The lowest BCUT2D eigenvalue weighted by Gasteiger charge is -2.51. The van der Waals surface area contributed by atoms with Crippen LogP contribution in [-0.4, -0.2) is 229 Å². The van der Waals surface area contributed by atoms with Gasteiger partial charge in [0.15, 0.2) is 23.1 Å². The molecule has 6 fully saturated rings. The Morgan fingerprint density at radius 3 is 1.36 bits per heavy atom. The number of rotatable bonds is 31. The number of benzene rings is 4. The topological polar surface area (TPSA) is 553 Å². The van der Waals surface area contributed by atoms with Gasteiger partial charge >= 0.3 is 18.2 Å². The summed E-state index contributed by atoms with van der Waals surface area (Å²) in [5.41, 5.74) is 22.1. The van der Waals surface area contributed by atoms with Gasteiger partial charge in [0.2, 0.25) is 5.91 Å². The van der Waals surface area contributed by atoms with E-state index in [2.05, 4.69) is 71.7 Å². The minimum Gasteiger partial charge on any atom is -0.507 e. The zero-order chi connectivity index (χ0) is 105. The maximum absolute atomic E-state index is 15.9. The van der Waals surface area contributed by atoms with Crippen molar-refractivity contribution in [3.8, 4) is 63.7 Å². The van der Waals surface area contributed by atoms with Gasteiger partial charge in [0.1, 0.15) is 69.2 Å². The van der Waals surface area contributed by atoms with E-state index in [1.165, 1.54) is 77.7 Å². The average Bonchev–Trinajstić information content (AvgIpc) is 1.13. The van der Waals surface area contributed by atoms with Gasteiger partial charge in [0.25, 0.3) is 23.6 Å². The van der Waals surface area contributed by atoms with E-state index in [-0.39, 0.29) is 153 Å².